The number of aryl methyl sites for hydroxylation is 1. The summed E-state index contributed by atoms with van der Waals surface area (Å²) in [5, 5.41) is 7.88. The van der Waals surface area contributed by atoms with Gasteiger partial charge >= 0.3 is 0 Å². The van der Waals surface area contributed by atoms with E-state index in [0.717, 1.165) is 12.5 Å². The summed E-state index contributed by atoms with van der Waals surface area (Å²) in [6, 6.07) is 0.397. The van der Waals surface area contributed by atoms with Crippen molar-refractivity contribution in [1.29, 1.82) is 0 Å². The molecule has 1 atom stereocenters. The second kappa shape index (κ2) is 6.04. The van der Waals surface area contributed by atoms with Crippen LogP contribution in [-0.4, -0.2) is 16.3 Å². The van der Waals surface area contributed by atoms with Crippen LogP contribution in [0.4, 0.5) is 0 Å². The first-order valence-corrected chi connectivity index (χ1v) is 6.31. The molecule has 16 heavy (non-hydrogen) atoms. The fourth-order valence-electron chi connectivity index (χ4n) is 1.97. The molecule has 1 heterocycles. The molecule has 0 aromatic carbocycles. The van der Waals surface area contributed by atoms with E-state index in [-0.39, 0.29) is 0 Å². The van der Waals surface area contributed by atoms with Crippen molar-refractivity contribution >= 4 is 0 Å². The van der Waals surface area contributed by atoms with Gasteiger partial charge in [-0.3, -0.25) is 4.68 Å². The van der Waals surface area contributed by atoms with Crippen molar-refractivity contribution in [2.45, 2.75) is 46.6 Å². The minimum absolute atomic E-state index is 0.397. The summed E-state index contributed by atoms with van der Waals surface area (Å²) in [6.45, 7) is 9.96. The van der Waals surface area contributed by atoms with E-state index >= 15 is 0 Å². The first kappa shape index (κ1) is 13.2. The molecular formula is C13H25N3. The highest BCUT2D eigenvalue weighted by Crippen LogP contribution is 2.17. The number of nitrogens with one attached hydrogen (secondary N) is 1. The highest BCUT2D eigenvalue weighted by atomic mass is 15.3. The molecule has 0 aliphatic heterocycles. The molecule has 0 fully saturated rings. The third-order valence-electron chi connectivity index (χ3n) is 3.61. The molecule has 0 bridgehead atoms. The van der Waals surface area contributed by atoms with Gasteiger partial charge in [-0.1, -0.05) is 26.7 Å². The Morgan fingerprint density at radius 2 is 2.00 bits per heavy atom. The first-order chi connectivity index (χ1) is 7.60. The Morgan fingerprint density at radius 3 is 2.44 bits per heavy atom. The molecule has 92 valence electrons. The lowest BCUT2D eigenvalue weighted by Gasteiger charge is -2.18. The minimum Gasteiger partial charge on any atom is -0.310 e. The quantitative estimate of drug-likeness (QED) is 0.803. The minimum atomic E-state index is 0.397. The predicted octanol–water partition coefficient (Wildman–Crippen LogP) is 2.82. The highest BCUT2D eigenvalue weighted by molar-refractivity contribution is 5.19. The maximum atomic E-state index is 4.28. The first-order valence-electron chi connectivity index (χ1n) is 6.31. The molecule has 3 nitrogen and oxygen atoms in total. The van der Waals surface area contributed by atoms with E-state index in [0.29, 0.717) is 6.04 Å². The molecular weight excluding hydrogens is 198 g/mol. The zero-order valence-corrected chi connectivity index (χ0v) is 11.2. The van der Waals surface area contributed by atoms with Crippen LogP contribution in [0.15, 0.2) is 6.20 Å². The van der Waals surface area contributed by atoms with Gasteiger partial charge in [-0.15, -0.1) is 0 Å². The van der Waals surface area contributed by atoms with Crippen molar-refractivity contribution in [3.8, 4) is 0 Å². The van der Waals surface area contributed by atoms with E-state index in [2.05, 4.69) is 38.1 Å². The normalized spacial score (nSPS) is 13.4. The van der Waals surface area contributed by atoms with E-state index in [9.17, 15) is 0 Å². The van der Waals surface area contributed by atoms with Crippen molar-refractivity contribution < 1.29 is 0 Å². The number of rotatable bonds is 6. The lowest BCUT2D eigenvalue weighted by molar-refractivity contribution is 0.421. The molecule has 0 radical (unpaired) electrons. The summed E-state index contributed by atoms with van der Waals surface area (Å²) in [4.78, 5) is 0. The summed E-state index contributed by atoms with van der Waals surface area (Å²) in [5.74, 6) is 0.791. The van der Waals surface area contributed by atoms with Gasteiger partial charge in [0.05, 0.1) is 6.20 Å². The Labute approximate surface area is 99.2 Å². The monoisotopic (exact) mass is 223 g/mol. The Bertz CT molecular complexity index is 313. The Morgan fingerprint density at radius 1 is 1.38 bits per heavy atom. The van der Waals surface area contributed by atoms with Gasteiger partial charge in [-0.05, 0) is 26.3 Å². The van der Waals surface area contributed by atoms with E-state index in [1.165, 1.54) is 24.1 Å². The van der Waals surface area contributed by atoms with Gasteiger partial charge in [-0.2, -0.15) is 5.10 Å². The van der Waals surface area contributed by atoms with Crippen molar-refractivity contribution in [2.75, 3.05) is 6.54 Å². The van der Waals surface area contributed by atoms with E-state index in [1.807, 2.05) is 17.9 Å². The van der Waals surface area contributed by atoms with Crippen molar-refractivity contribution in [3.63, 3.8) is 0 Å². The molecule has 0 saturated heterocycles. The molecule has 1 N–H and O–H groups in total. The van der Waals surface area contributed by atoms with E-state index < -0.39 is 0 Å². The van der Waals surface area contributed by atoms with Crippen LogP contribution < -0.4 is 5.32 Å². The summed E-state index contributed by atoms with van der Waals surface area (Å²) >= 11 is 0. The smallest absolute Gasteiger partial charge is 0.0540 e. The van der Waals surface area contributed by atoms with Gasteiger partial charge in [0.25, 0.3) is 0 Å². The lowest BCUT2D eigenvalue weighted by atomic mass is 10.0. The van der Waals surface area contributed by atoms with Gasteiger partial charge in [-0.25, -0.2) is 0 Å². The van der Waals surface area contributed by atoms with Crippen molar-refractivity contribution in [2.24, 2.45) is 13.0 Å². The Kier molecular flexibility index (Phi) is 5.00. The molecule has 3 heteroatoms. The second-order valence-electron chi connectivity index (χ2n) is 4.62. The molecule has 0 aliphatic carbocycles. The Hall–Kier alpha value is -0.830. The average Bonchev–Trinajstić information content (AvgIpc) is 2.61. The van der Waals surface area contributed by atoms with Crippen LogP contribution in [0.3, 0.4) is 0 Å². The molecule has 0 spiro atoms. The zero-order valence-electron chi connectivity index (χ0n) is 11.2. The SMILES string of the molecule is CCC(CC)CNC(C)c1cnn(C)c1C. The van der Waals surface area contributed by atoms with Gasteiger partial charge < -0.3 is 5.32 Å². The molecule has 1 unspecified atom stereocenters. The maximum Gasteiger partial charge on any atom is 0.0540 e. The van der Waals surface area contributed by atoms with Crippen molar-refractivity contribution in [1.82, 2.24) is 15.1 Å². The van der Waals surface area contributed by atoms with Gasteiger partial charge in [0.15, 0.2) is 0 Å². The fraction of sp³-hybridized carbons (Fsp3) is 0.769. The molecule has 0 amide bonds. The maximum absolute atomic E-state index is 4.28. The lowest BCUT2D eigenvalue weighted by Crippen LogP contribution is -2.25. The fourth-order valence-corrected chi connectivity index (χ4v) is 1.97. The van der Waals surface area contributed by atoms with Crippen LogP contribution >= 0.6 is 0 Å². The number of nitrogens with zero attached hydrogens (tertiary/aromatic N) is 2. The van der Waals surface area contributed by atoms with E-state index in [4.69, 9.17) is 0 Å². The predicted molar refractivity (Wildman–Crippen MR) is 68.4 cm³/mol. The molecule has 0 aliphatic rings. The summed E-state index contributed by atoms with van der Waals surface area (Å²) in [5.41, 5.74) is 2.57. The third-order valence-corrected chi connectivity index (χ3v) is 3.61. The van der Waals surface area contributed by atoms with Crippen LogP contribution in [0.2, 0.25) is 0 Å². The molecule has 1 aromatic rings. The number of aromatic nitrogens is 2. The summed E-state index contributed by atoms with van der Waals surface area (Å²) in [6.07, 6.45) is 4.48. The van der Waals surface area contributed by atoms with Gasteiger partial charge in [0.1, 0.15) is 0 Å². The average molecular weight is 223 g/mol. The van der Waals surface area contributed by atoms with Crippen molar-refractivity contribution in [3.05, 3.63) is 17.5 Å². The number of hydrogen-bond acceptors (Lipinski definition) is 2. The highest BCUT2D eigenvalue weighted by Gasteiger charge is 2.12. The van der Waals surface area contributed by atoms with Crippen LogP contribution in [0.1, 0.15) is 50.9 Å². The van der Waals surface area contributed by atoms with Gasteiger partial charge in [0, 0.05) is 24.3 Å². The van der Waals surface area contributed by atoms with Crippen LogP contribution in [0.5, 0.6) is 0 Å². The Balaban J connectivity index is 2.52. The summed E-state index contributed by atoms with van der Waals surface area (Å²) in [7, 11) is 1.99. The third kappa shape index (κ3) is 3.08. The van der Waals surface area contributed by atoms with Crippen LogP contribution in [-0.2, 0) is 7.05 Å². The van der Waals surface area contributed by atoms with Crippen LogP contribution in [0.25, 0.3) is 0 Å². The molecule has 1 aromatic heterocycles. The molecule has 1 rings (SSSR count). The molecule has 0 saturated carbocycles. The second-order valence-corrected chi connectivity index (χ2v) is 4.62. The van der Waals surface area contributed by atoms with Gasteiger partial charge in [0.2, 0.25) is 0 Å². The zero-order chi connectivity index (χ0) is 12.1. The van der Waals surface area contributed by atoms with Crippen LogP contribution in [0, 0.1) is 12.8 Å². The largest absolute Gasteiger partial charge is 0.310 e. The number of hydrogen-bond donors (Lipinski definition) is 1. The topological polar surface area (TPSA) is 29.9 Å². The standard InChI is InChI=1S/C13H25N3/c1-6-12(7-2)8-14-10(3)13-9-15-16(5)11(13)4/h9-10,12,14H,6-8H2,1-5H3. The van der Waals surface area contributed by atoms with E-state index in [1.54, 1.807) is 0 Å². The summed E-state index contributed by atoms with van der Waals surface area (Å²) < 4.78 is 1.94.